The average Bonchev–Trinajstić information content (AvgIpc) is 2.37. The Labute approximate surface area is 105 Å². The fourth-order valence-corrected chi connectivity index (χ4v) is 1.60. The van der Waals surface area contributed by atoms with Crippen molar-refractivity contribution >= 4 is 22.6 Å². The number of fused-ring (bicyclic) bond motifs is 1. The minimum atomic E-state index is -0.470. The van der Waals surface area contributed by atoms with E-state index in [0.717, 1.165) is 10.9 Å². The SMILES string of the molecule is CC(=O)C(C)NC(=O)c1ccc2ncccc2c1. The van der Waals surface area contributed by atoms with Crippen molar-refractivity contribution in [3.63, 3.8) is 0 Å². The van der Waals surface area contributed by atoms with Crippen LogP contribution in [0.5, 0.6) is 0 Å². The molecular formula is C14H14N2O2. The number of hydrogen-bond acceptors (Lipinski definition) is 3. The fourth-order valence-electron chi connectivity index (χ4n) is 1.60. The van der Waals surface area contributed by atoms with Crippen LogP contribution in [0.4, 0.5) is 0 Å². The second kappa shape index (κ2) is 4.96. The molecule has 0 aliphatic carbocycles. The maximum absolute atomic E-state index is 11.9. The van der Waals surface area contributed by atoms with Crippen molar-refractivity contribution in [2.45, 2.75) is 19.9 Å². The Balaban J connectivity index is 2.25. The molecule has 1 aromatic heterocycles. The van der Waals surface area contributed by atoms with E-state index < -0.39 is 6.04 Å². The first kappa shape index (κ1) is 12.2. The van der Waals surface area contributed by atoms with E-state index in [0.29, 0.717) is 5.56 Å². The van der Waals surface area contributed by atoms with Gasteiger partial charge in [-0.25, -0.2) is 0 Å². The van der Waals surface area contributed by atoms with E-state index in [1.807, 2.05) is 12.1 Å². The van der Waals surface area contributed by atoms with Crippen molar-refractivity contribution in [2.75, 3.05) is 0 Å². The molecule has 0 fully saturated rings. The highest BCUT2D eigenvalue weighted by Crippen LogP contribution is 2.13. The highest BCUT2D eigenvalue weighted by molar-refractivity contribution is 6.00. The normalized spacial score (nSPS) is 12.1. The van der Waals surface area contributed by atoms with Crippen molar-refractivity contribution in [2.24, 2.45) is 0 Å². The number of aromatic nitrogens is 1. The first-order valence-electron chi connectivity index (χ1n) is 5.74. The fraction of sp³-hybridized carbons (Fsp3) is 0.214. The van der Waals surface area contributed by atoms with Crippen LogP contribution in [0.2, 0.25) is 0 Å². The van der Waals surface area contributed by atoms with Gasteiger partial charge in [0.15, 0.2) is 5.78 Å². The van der Waals surface area contributed by atoms with Gasteiger partial charge in [0.25, 0.3) is 5.91 Å². The van der Waals surface area contributed by atoms with E-state index in [1.165, 1.54) is 6.92 Å². The van der Waals surface area contributed by atoms with Gasteiger partial charge in [0, 0.05) is 17.1 Å². The van der Waals surface area contributed by atoms with Gasteiger partial charge >= 0.3 is 0 Å². The lowest BCUT2D eigenvalue weighted by atomic mass is 10.1. The molecule has 2 rings (SSSR count). The van der Waals surface area contributed by atoms with Crippen molar-refractivity contribution in [1.82, 2.24) is 10.3 Å². The summed E-state index contributed by atoms with van der Waals surface area (Å²) in [5.41, 5.74) is 1.37. The molecule has 92 valence electrons. The van der Waals surface area contributed by atoms with Gasteiger partial charge in [-0.15, -0.1) is 0 Å². The molecule has 0 bridgehead atoms. The summed E-state index contributed by atoms with van der Waals surface area (Å²) in [4.78, 5) is 27.2. The minimum absolute atomic E-state index is 0.0641. The molecule has 1 unspecified atom stereocenters. The number of nitrogens with one attached hydrogen (secondary N) is 1. The topological polar surface area (TPSA) is 59.1 Å². The van der Waals surface area contributed by atoms with Crippen LogP contribution in [0.15, 0.2) is 36.5 Å². The van der Waals surface area contributed by atoms with Gasteiger partial charge in [0.1, 0.15) is 0 Å². The molecule has 0 saturated carbocycles. The number of hydrogen-bond donors (Lipinski definition) is 1. The summed E-state index contributed by atoms with van der Waals surface area (Å²) in [6.45, 7) is 3.12. The first-order chi connectivity index (χ1) is 8.58. The van der Waals surface area contributed by atoms with Crippen molar-refractivity contribution < 1.29 is 9.59 Å². The Morgan fingerprint density at radius 2 is 2.06 bits per heavy atom. The zero-order valence-electron chi connectivity index (χ0n) is 10.3. The van der Waals surface area contributed by atoms with Crippen LogP contribution in [0.1, 0.15) is 24.2 Å². The zero-order valence-corrected chi connectivity index (χ0v) is 10.3. The summed E-state index contributed by atoms with van der Waals surface area (Å²) >= 11 is 0. The molecule has 1 N–H and O–H groups in total. The summed E-state index contributed by atoms with van der Waals surface area (Å²) in [7, 11) is 0. The number of carbonyl (C=O) groups is 2. The zero-order chi connectivity index (χ0) is 13.1. The standard InChI is InChI=1S/C14H14N2O2/c1-9(10(2)17)16-14(18)12-5-6-13-11(8-12)4-3-7-15-13/h3-9H,1-2H3,(H,16,18). The summed E-state index contributed by atoms with van der Waals surface area (Å²) in [5, 5.41) is 3.55. The predicted octanol–water partition coefficient (Wildman–Crippen LogP) is 1.94. The molecule has 1 amide bonds. The van der Waals surface area contributed by atoms with Crippen molar-refractivity contribution in [3.8, 4) is 0 Å². The third kappa shape index (κ3) is 2.53. The third-order valence-corrected chi connectivity index (χ3v) is 2.82. The van der Waals surface area contributed by atoms with Crippen LogP contribution in [0.25, 0.3) is 10.9 Å². The van der Waals surface area contributed by atoms with Crippen LogP contribution in [-0.4, -0.2) is 22.7 Å². The molecule has 4 nitrogen and oxygen atoms in total. The van der Waals surface area contributed by atoms with Crippen LogP contribution in [0.3, 0.4) is 0 Å². The second-order valence-corrected chi connectivity index (χ2v) is 4.22. The molecule has 18 heavy (non-hydrogen) atoms. The molecule has 0 radical (unpaired) electrons. The van der Waals surface area contributed by atoms with Crippen LogP contribution in [-0.2, 0) is 4.79 Å². The van der Waals surface area contributed by atoms with Crippen LogP contribution in [0, 0.1) is 0 Å². The lowest BCUT2D eigenvalue weighted by Gasteiger charge is -2.10. The highest BCUT2D eigenvalue weighted by atomic mass is 16.2. The molecule has 4 heteroatoms. The molecular weight excluding hydrogens is 228 g/mol. The minimum Gasteiger partial charge on any atom is -0.343 e. The van der Waals surface area contributed by atoms with E-state index in [9.17, 15) is 9.59 Å². The number of pyridine rings is 1. The summed E-state index contributed by atoms with van der Waals surface area (Å²) in [6.07, 6.45) is 1.71. The number of ketones is 1. The lowest BCUT2D eigenvalue weighted by molar-refractivity contribution is -0.118. The van der Waals surface area contributed by atoms with E-state index in [2.05, 4.69) is 10.3 Å². The molecule has 0 spiro atoms. The summed E-state index contributed by atoms with van der Waals surface area (Å²) < 4.78 is 0. The Morgan fingerprint density at radius 1 is 1.28 bits per heavy atom. The maximum atomic E-state index is 11.9. The van der Waals surface area contributed by atoms with Gasteiger partial charge in [-0.05, 0) is 38.1 Å². The Bertz CT molecular complexity index is 608. The van der Waals surface area contributed by atoms with Gasteiger partial charge in [-0.3, -0.25) is 14.6 Å². The second-order valence-electron chi connectivity index (χ2n) is 4.22. The van der Waals surface area contributed by atoms with E-state index in [1.54, 1.807) is 31.3 Å². The molecule has 1 atom stereocenters. The van der Waals surface area contributed by atoms with E-state index >= 15 is 0 Å². The Kier molecular flexibility index (Phi) is 3.37. The Hall–Kier alpha value is -2.23. The third-order valence-electron chi connectivity index (χ3n) is 2.82. The monoisotopic (exact) mass is 242 g/mol. The number of carbonyl (C=O) groups excluding carboxylic acids is 2. The predicted molar refractivity (Wildman–Crippen MR) is 69.4 cm³/mol. The van der Waals surface area contributed by atoms with E-state index in [-0.39, 0.29) is 11.7 Å². The number of Topliss-reactive ketones (excluding diaryl/α,β-unsaturated/α-hetero) is 1. The van der Waals surface area contributed by atoms with Crippen LogP contribution < -0.4 is 5.32 Å². The molecule has 1 aromatic carbocycles. The number of nitrogens with zero attached hydrogens (tertiary/aromatic N) is 1. The summed E-state index contributed by atoms with van der Waals surface area (Å²) in [5.74, 6) is -0.311. The number of rotatable bonds is 3. The number of amides is 1. The Morgan fingerprint density at radius 3 is 2.78 bits per heavy atom. The lowest BCUT2D eigenvalue weighted by Crippen LogP contribution is -2.37. The molecule has 0 saturated heterocycles. The van der Waals surface area contributed by atoms with Gasteiger partial charge < -0.3 is 5.32 Å². The number of benzene rings is 1. The van der Waals surface area contributed by atoms with Gasteiger partial charge in [-0.1, -0.05) is 6.07 Å². The van der Waals surface area contributed by atoms with Gasteiger partial charge in [-0.2, -0.15) is 0 Å². The first-order valence-corrected chi connectivity index (χ1v) is 5.74. The maximum Gasteiger partial charge on any atom is 0.251 e. The molecule has 0 aliphatic rings. The van der Waals surface area contributed by atoms with Crippen LogP contribution >= 0.6 is 0 Å². The molecule has 2 aromatic rings. The smallest absolute Gasteiger partial charge is 0.251 e. The average molecular weight is 242 g/mol. The molecule has 0 aliphatic heterocycles. The quantitative estimate of drug-likeness (QED) is 0.894. The van der Waals surface area contributed by atoms with Crippen molar-refractivity contribution in [1.29, 1.82) is 0 Å². The molecule has 1 heterocycles. The largest absolute Gasteiger partial charge is 0.343 e. The van der Waals surface area contributed by atoms with Gasteiger partial charge in [0.2, 0.25) is 0 Å². The highest BCUT2D eigenvalue weighted by Gasteiger charge is 2.13. The van der Waals surface area contributed by atoms with E-state index in [4.69, 9.17) is 0 Å². The summed E-state index contributed by atoms with van der Waals surface area (Å²) in [6, 6.07) is 8.52. The van der Waals surface area contributed by atoms with Crippen molar-refractivity contribution in [3.05, 3.63) is 42.1 Å². The van der Waals surface area contributed by atoms with Gasteiger partial charge in [0.05, 0.1) is 11.6 Å².